The lowest BCUT2D eigenvalue weighted by Crippen LogP contribution is -2.26. The molecule has 1 N–H and O–H groups in total. The SMILES string of the molecule is COC(=O)CC1CC(C/C=C(\C)CC#N)NC1=O. The van der Waals surface area contributed by atoms with E-state index in [9.17, 15) is 9.59 Å². The number of carbonyl (C=O) groups excluding carboxylic acids is 2. The molecule has 0 saturated carbocycles. The van der Waals surface area contributed by atoms with Crippen molar-refractivity contribution in [2.24, 2.45) is 5.92 Å². The maximum absolute atomic E-state index is 11.6. The molecule has 1 fully saturated rings. The molecule has 5 heteroatoms. The number of ether oxygens (including phenoxy) is 1. The second-order valence-electron chi connectivity index (χ2n) is 4.54. The largest absolute Gasteiger partial charge is 0.469 e. The summed E-state index contributed by atoms with van der Waals surface area (Å²) in [5.41, 5.74) is 1.00. The maximum Gasteiger partial charge on any atom is 0.306 e. The number of nitriles is 1. The highest BCUT2D eigenvalue weighted by molar-refractivity contribution is 5.85. The lowest BCUT2D eigenvalue weighted by molar-refractivity contribution is -0.143. The summed E-state index contributed by atoms with van der Waals surface area (Å²) in [4.78, 5) is 22.7. The third-order valence-electron chi connectivity index (χ3n) is 3.04. The van der Waals surface area contributed by atoms with Crippen LogP contribution in [0.5, 0.6) is 0 Å². The average molecular weight is 250 g/mol. The number of allylic oxidation sites excluding steroid dienone is 1. The van der Waals surface area contributed by atoms with Gasteiger partial charge in [-0.25, -0.2) is 0 Å². The van der Waals surface area contributed by atoms with E-state index in [1.165, 1.54) is 7.11 Å². The van der Waals surface area contributed by atoms with Crippen LogP contribution in [0.1, 0.15) is 32.6 Å². The molecule has 1 rings (SSSR count). The van der Waals surface area contributed by atoms with Crippen molar-refractivity contribution in [2.45, 2.75) is 38.6 Å². The first-order valence-corrected chi connectivity index (χ1v) is 5.96. The van der Waals surface area contributed by atoms with E-state index in [1.807, 2.05) is 13.0 Å². The Morgan fingerprint density at radius 2 is 2.39 bits per heavy atom. The number of nitrogens with one attached hydrogen (secondary N) is 1. The highest BCUT2D eigenvalue weighted by Crippen LogP contribution is 2.22. The van der Waals surface area contributed by atoms with Crippen LogP contribution in [0.3, 0.4) is 0 Å². The zero-order chi connectivity index (χ0) is 13.5. The molecule has 2 unspecified atom stereocenters. The normalized spacial score (nSPS) is 23.4. The quantitative estimate of drug-likeness (QED) is 0.589. The van der Waals surface area contributed by atoms with E-state index in [-0.39, 0.29) is 30.3 Å². The van der Waals surface area contributed by atoms with Crippen molar-refractivity contribution in [3.63, 3.8) is 0 Å². The topological polar surface area (TPSA) is 79.2 Å². The van der Waals surface area contributed by atoms with Gasteiger partial charge in [0.15, 0.2) is 0 Å². The average Bonchev–Trinajstić information content (AvgIpc) is 2.68. The van der Waals surface area contributed by atoms with Gasteiger partial charge >= 0.3 is 5.97 Å². The molecule has 0 aromatic rings. The molecule has 98 valence electrons. The number of amides is 1. The van der Waals surface area contributed by atoms with E-state index < -0.39 is 0 Å². The summed E-state index contributed by atoms with van der Waals surface area (Å²) in [6.45, 7) is 1.89. The molecule has 0 aromatic carbocycles. The number of rotatable bonds is 5. The van der Waals surface area contributed by atoms with Crippen LogP contribution in [0.2, 0.25) is 0 Å². The third kappa shape index (κ3) is 4.21. The van der Waals surface area contributed by atoms with Crippen LogP contribution >= 0.6 is 0 Å². The molecule has 0 aromatic heterocycles. The summed E-state index contributed by atoms with van der Waals surface area (Å²) in [6.07, 6.45) is 3.86. The molecule has 18 heavy (non-hydrogen) atoms. The van der Waals surface area contributed by atoms with Crippen molar-refractivity contribution in [3.8, 4) is 6.07 Å². The summed E-state index contributed by atoms with van der Waals surface area (Å²) in [6, 6.07) is 2.13. The summed E-state index contributed by atoms with van der Waals surface area (Å²) in [7, 11) is 1.32. The molecule has 5 nitrogen and oxygen atoms in total. The van der Waals surface area contributed by atoms with Crippen LogP contribution in [0.25, 0.3) is 0 Å². The molecule has 0 bridgehead atoms. The van der Waals surface area contributed by atoms with Crippen LogP contribution in [-0.2, 0) is 14.3 Å². The highest BCUT2D eigenvalue weighted by atomic mass is 16.5. The predicted octanol–water partition coefficient (Wildman–Crippen LogP) is 1.30. The fourth-order valence-electron chi connectivity index (χ4n) is 1.98. The number of hydrogen-bond donors (Lipinski definition) is 1. The fraction of sp³-hybridized carbons (Fsp3) is 0.615. The standard InChI is InChI=1S/C13H18N2O3/c1-9(5-6-14)3-4-11-7-10(13(17)15-11)8-12(16)18-2/h3,10-11H,4-5,7-8H2,1-2H3,(H,15,17)/b9-3+. The summed E-state index contributed by atoms with van der Waals surface area (Å²) >= 11 is 0. The predicted molar refractivity (Wildman–Crippen MR) is 65.3 cm³/mol. The van der Waals surface area contributed by atoms with Gasteiger partial charge in [0.2, 0.25) is 5.91 Å². The van der Waals surface area contributed by atoms with Crippen molar-refractivity contribution < 1.29 is 14.3 Å². The van der Waals surface area contributed by atoms with E-state index in [4.69, 9.17) is 5.26 Å². The first-order chi connectivity index (χ1) is 8.56. The summed E-state index contributed by atoms with van der Waals surface area (Å²) in [5, 5.41) is 11.4. The Morgan fingerprint density at radius 1 is 1.67 bits per heavy atom. The second-order valence-corrected chi connectivity index (χ2v) is 4.54. The third-order valence-corrected chi connectivity index (χ3v) is 3.04. The van der Waals surface area contributed by atoms with Crippen LogP contribution in [0.15, 0.2) is 11.6 Å². The zero-order valence-electron chi connectivity index (χ0n) is 10.7. The minimum atomic E-state index is -0.355. The van der Waals surface area contributed by atoms with Gasteiger partial charge in [0.1, 0.15) is 0 Å². The first-order valence-electron chi connectivity index (χ1n) is 5.96. The molecule has 1 aliphatic rings. The summed E-state index contributed by atoms with van der Waals surface area (Å²) in [5.74, 6) is -0.726. The highest BCUT2D eigenvalue weighted by Gasteiger charge is 2.32. The molecule has 1 heterocycles. The van der Waals surface area contributed by atoms with E-state index in [0.29, 0.717) is 19.3 Å². The van der Waals surface area contributed by atoms with Crippen molar-refractivity contribution in [1.82, 2.24) is 5.32 Å². The minimum Gasteiger partial charge on any atom is -0.469 e. The smallest absolute Gasteiger partial charge is 0.306 e. The van der Waals surface area contributed by atoms with Gasteiger partial charge in [-0.05, 0) is 19.8 Å². The van der Waals surface area contributed by atoms with Crippen LogP contribution in [-0.4, -0.2) is 25.0 Å². The van der Waals surface area contributed by atoms with Gasteiger partial charge in [0, 0.05) is 6.04 Å². The molecular weight excluding hydrogens is 232 g/mol. The Labute approximate surface area is 107 Å². The Morgan fingerprint density at radius 3 is 3.00 bits per heavy atom. The van der Waals surface area contributed by atoms with Crippen LogP contribution < -0.4 is 5.32 Å². The van der Waals surface area contributed by atoms with Gasteiger partial charge in [-0.3, -0.25) is 9.59 Å². The van der Waals surface area contributed by atoms with E-state index in [1.54, 1.807) is 0 Å². The van der Waals surface area contributed by atoms with Crippen molar-refractivity contribution in [2.75, 3.05) is 7.11 Å². The lowest BCUT2D eigenvalue weighted by Gasteiger charge is -2.06. The Hall–Kier alpha value is -1.83. The number of carbonyl (C=O) groups is 2. The number of esters is 1. The molecule has 2 atom stereocenters. The second kappa shape index (κ2) is 6.80. The van der Waals surface area contributed by atoms with Gasteiger partial charge in [-0.1, -0.05) is 11.6 Å². The van der Waals surface area contributed by atoms with Gasteiger partial charge in [-0.15, -0.1) is 0 Å². The lowest BCUT2D eigenvalue weighted by atomic mass is 9.99. The molecule has 1 amide bonds. The number of nitrogens with zero attached hydrogens (tertiary/aromatic N) is 1. The summed E-state index contributed by atoms with van der Waals surface area (Å²) < 4.78 is 4.56. The van der Waals surface area contributed by atoms with Gasteiger partial charge in [0.05, 0.1) is 31.9 Å². The molecule has 0 aliphatic carbocycles. The van der Waals surface area contributed by atoms with Gasteiger partial charge < -0.3 is 10.1 Å². The number of hydrogen-bond acceptors (Lipinski definition) is 4. The molecule has 1 saturated heterocycles. The molecular formula is C13H18N2O3. The molecule has 1 aliphatic heterocycles. The monoisotopic (exact) mass is 250 g/mol. The van der Waals surface area contributed by atoms with E-state index >= 15 is 0 Å². The van der Waals surface area contributed by atoms with Crippen molar-refractivity contribution in [3.05, 3.63) is 11.6 Å². The van der Waals surface area contributed by atoms with E-state index in [0.717, 1.165) is 5.57 Å². The van der Waals surface area contributed by atoms with Gasteiger partial charge in [-0.2, -0.15) is 5.26 Å². The molecule has 0 radical (unpaired) electrons. The molecule has 0 spiro atoms. The zero-order valence-corrected chi connectivity index (χ0v) is 10.7. The maximum atomic E-state index is 11.6. The Kier molecular flexibility index (Phi) is 5.37. The van der Waals surface area contributed by atoms with Gasteiger partial charge in [0.25, 0.3) is 0 Å². The Bertz CT molecular complexity index is 396. The van der Waals surface area contributed by atoms with Crippen LogP contribution in [0, 0.1) is 17.2 Å². The first kappa shape index (κ1) is 14.2. The minimum absolute atomic E-state index is 0.0563. The Balaban J connectivity index is 2.44. The van der Waals surface area contributed by atoms with E-state index in [2.05, 4.69) is 16.1 Å². The fourth-order valence-corrected chi connectivity index (χ4v) is 1.98. The van der Waals surface area contributed by atoms with Crippen LogP contribution in [0.4, 0.5) is 0 Å². The van der Waals surface area contributed by atoms with Crippen molar-refractivity contribution in [1.29, 1.82) is 5.26 Å². The van der Waals surface area contributed by atoms with Crippen molar-refractivity contribution >= 4 is 11.9 Å². The number of methoxy groups -OCH3 is 1.